The molecule has 24 heavy (non-hydrogen) atoms. The Kier molecular flexibility index (Phi) is 5.36. The lowest BCUT2D eigenvalue weighted by Gasteiger charge is -2.16. The Balaban J connectivity index is 1.44. The van der Waals surface area contributed by atoms with Gasteiger partial charge in [-0.1, -0.05) is 0 Å². The molecule has 3 rings (SSSR count). The van der Waals surface area contributed by atoms with Crippen molar-refractivity contribution < 1.29 is 4.79 Å². The van der Waals surface area contributed by atoms with Gasteiger partial charge >= 0.3 is 0 Å². The van der Waals surface area contributed by atoms with Gasteiger partial charge < -0.3 is 10.6 Å². The van der Waals surface area contributed by atoms with E-state index >= 15 is 0 Å². The minimum Gasteiger partial charge on any atom is -0.369 e. The number of pyridine rings is 1. The number of hydrogen-bond donors (Lipinski definition) is 2. The fourth-order valence-corrected chi connectivity index (χ4v) is 3.29. The van der Waals surface area contributed by atoms with Crippen molar-refractivity contribution in [2.45, 2.75) is 6.42 Å². The molecule has 2 aromatic heterocycles. The van der Waals surface area contributed by atoms with Crippen molar-refractivity contribution in [2.24, 2.45) is 5.92 Å². The lowest BCUT2D eigenvalue weighted by Crippen LogP contribution is -2.32. The van der Waals surface area contributed by atoms with Crippen LogP contribution in [0.5, 0.6) is 0 Å². The quantitative estimate of drug-likeness (QED) is 0.831. The second-order valence-corrected chi connectivity index (χ2v) is 6.56. The molecule has 124 valence electrons. The van der Waals surface area contributed by atoms with Crippen LogP contribution in [0.2, 0.25) is 0 Å². The van der Waals surface area contributed by atoms with E-state index in [9.17, 15) is 4.79 Å². The topological polar surface area (TPSA) is 93.9 Å². The second kappa shape index (κ2) is 7.86. The zero-order valence-corrected chi connectivity index (χ0v) is 13.9. The lowest BCUT2D eigenvalue weighted by atomic mass is 10.1. The van der Waals surface area contributed by atoms with Crippen molar-refractivity contribution in [3.05, 3.63) is 35.5 Å². The maximum atomic E-state index is 12.0. The summed E-state index contributed by atoms with van der Waals surface area (Å²) in [5, 5.41) is 17.6. The summed E-state index contributed by atoms with van der Waals surface area (Å²) in [6.07, 6.45) is 4.37. The average molecular weight is 342 g/mol. The first kappa shape index (κ1) is 16.4. The Morgan fingerprint density at radius 3 is 3.17 bits per heavy atom. The molecule has 2 N–H and O–H groups in total. The number of rotatable bonds is 6. The summed E-state index contributed by atoms with van der Waals surface area (Å²) in [6.45, 7) is 2.87. The highest BCUT2D eigenvalue weighted by Crippen LogP contribution is 2.18. The molecule has 7 nitrogen and oxygen atoms in total. The lowest BCUT2D eigenvalue weighted by molar-refractivity contribution is -0.117. The number of anilines is 2. The molecule has 1 fully saturated rings. The summed E-state index contributed by atoms with van der Waals surface area (Å²) in [6, 6.07) is 5.63. The van der Waals surface area contributed by atoms with E-state index in [4.69, 9.17) is 5.26 Å². The number of likely N-dealkylation sites (tertiary alicyclic amines) is 1. The zero-order valence-electron chi connectivity index (χ0n) is 13.1. The van der Waals surface area contributed by atoms with E-state index < -0.39 is 0 Å². The molecule has 1 unspecified atom stereocenters. The first-order valence-corrected chi connectivity index (χ1v) is 8.63. The maximum Gasteiger partial charge on any atom is 0.240 e. The van der Waals surface area contributed by atoms with Gasteiger partial charge in [-0.2, -0.15) is 5.26 Å². The highest BCUT2D eigenvalue weighted by atomic mass is 32.1. The highest BCUT2D eigenvalue weighted by Gasteiger charge is 2.24. The monoisotopic (exact) mass is 342 g/mol. The first-order chi connectivity index (χ1) is 11.7. The number of carbonyl (C=O) groups is 1. The van der Waals surface area contributed by atoms with Crippen LogP contribution < -0.4 is 10.6 Å². The number of thiazole rings is 1. The van der Waals surface area contributed by atoms with Crippen LogP contribution in [0, 0.1) is 17.2 Å². The molecule has 1 saturated heterocycles. The van der Waals surface area contributed by atoms with Gasteiger partial charge in [-0.3, -0.25) is 9.69 Å². The van der Waals surface area contributed by atoms with Gasteiger partial charge in [-0.15, -0.1) is 11.3 Å². The summed E-state index contributed by atoms with van der Waals surface area (Å²) in [5.74, 6) is 1.03. The van der Waals surface area contributed by atoms with E-state index in [-0.39, 0.29) is 5.91 Å². The van der Waals surface area contributed by atoms with Crippen LogP contribution >= 0.6 is 11.3 Å². The number of nitrogens with one attached hydrogen (secondary N) is 2. The van der Waals surface area contributed by atoms with Crippen molar-refractivity contribution in [1.82, 2.24) is 14.9 Å². The van der Waals surface area contributed by atoms with Gasteiger partial charge in [0.2, 0.25) is 5.91 Å². The summed E-state index contributed by atoms with van der Waals surface area (Å²) in [5.41, 5.74) is 0.551. The highest BCUT2D eigenvalue weighted by molar-refractivity contribution is 7.13. The van der Waals surface area contributed by atoms with E-state index in [1.165, 1.54) is 11.3 Å². The molecule has 0 spiro atoms. The molecular weight excluding hydrogens is 324 g/mol. The predicted molar refractivity (Wildman–Crippen MR) is 92.7 cm³/mol. The van der Waals surface area contributed by atoms with E-state index in [1.807, 2.05) is 5.38 Å². The Morgan fingerprint density at radius 2 is 2.38 bits per heavy atom. The third-order valence-electron chi connectivity index (χ3n) is 3.90. The third-order valence-corrected chi connectivity index (χ3v) is 4.59. The van der Waals surface area contributed by atoms with Crippen LogP contribution in [0.4, 0.5) is 10.9 Å². The molecule has 1 aliphatic rings. The average Bonchev–Trinajstić information content (AvgIpc) is 3.25. The van der Waals surface area contributed by atoms with Crippen LogP contribution in [0.25, 0.3) is 0 Å². The Morgan fingerprint density at radius 1 is 1.46 bits per heavy atom. The summed E-state index contributed by atoms with van der Waals surface area (Å²) < 4.78 is 0. The Bertz CT molecular complexity index is 726. The van der Waals surface area contributed by atoms with Gasteiger partial charge in [0, 0.05) is 30.9 Å². The number of nitrogens with zero attached hydrogens (tertiary/aromatic N) is 4. The molecule has 1 aliphatic heterocycles. The molecule has 0 radical (unpaired) electrons. The molecule has 0 aromatic carbocycles. The molecule has 2 aromatic rings. The molecule has 8 heteroatoms. The van der Waals surface area contributed by atoms with Crippen molar-refractivity contribution >= 4 is 28.2 Å². The van der Waals surface area contributed by atoms with Crippen LogP contribution in [-0.4, -0.2) is 47.0 Å². The molecule has 0 aliphatic carbocycles. The van der Waals surface area contributed by atoms with Crippen LogP contribution in [-0.2, 0) is 4.79 Å². The van der Waals surface area contributed by atoms with E-state index in [0.717, 1.165) is 26.1 Å². The van der Waals surface area contributed by atoms with Crippen LogP contribution in [0.15, 0.2) is 29.9 Å². The van der Waals surface area contributed by atoms with Crippen LogP contribution in [0.1, 0.15) is 12.0 Å². The number of carbonyl (C=O) groups excluding carboxylic acids is 1. The van der Waals surface area contributed by atoms with Gasteiger partial charge in [0.25, 0.3) is 0 Å². The van der Waals surface area contributed by atoms with E-state index in [1.54, 1.807) is 24.5 Å². The zero-order chi connectivity index (χ0) is 16.8. The van der Waals surface area contributed by atoms with E-state index in [2.05, 4.69) is 31.6 Å². The molecule has 1 atom stereocenters. The molecule has 1 amide bonds. The number of amides is 1. The summed E-state index contributed by atoms with van der Waals surface area (Å²) in [7, 11) is 0. The minimum absolute atomic E-state index is 0.0324. The third kappa shape index (κ3) is 4.28. The normalized spacial score (nSPS) is 17.4. The van der Waals surface area contributed by atoms with Crippen molar-refractivity contribution in [2.75, 3.05) is 36.8 Å². The summed E-state index contributed by atoms with van der Waals surface area (Å²) in [4.78, 5) is 22.4. The maximum absolute atomic E-state index is 12.0. The first-order valence-electron chi connectivity index (χ1n) is 7.75. The van der Waals surface area contributed by atoms with Gasteiger partial charge in [-0.25, -0.2) is 9.97 Å². The standard InChI is InChI=1S/C16H18N6OS/c17-8-13-2-1-4-18-15(13)20-9-12-3-6-22(10-12)11-14(23)21-16-19-5-7-24-16/h1-2,4-5,7,12H,3,6,9-11H2,(H,18,20)(H,19,21,23). The van der Waals surface area contributed by atoms with Gasteiger partial charge in [0.05, 0.1) is 12.1 Å². The SMILES string of the molecule is N#Cc1cccnc1NCC1CCN(CC(=O)Nc2nccs2)C1. The number of nitriles is 1. The Hall–Kier alpha value is -2.50. The number of hydrogen-bond acceptors (Lipinski definition) is 7. The molecule has 3 heterocycles. The Labute approximate surface area is 144 Å². The van der Waals surface area contributed by atoms with Crippen molar-refractivity contribution in [1.29, 1.82) is 5.26 Å². The largest absolute Gasteiger partial charge is 0.369 e. The van der Waals surface area contributed by atoms with E-state index in [0.29, 0.717) is 29.0 Å². The molecule has 0 bridgehead atoms. The van der Waals surface area contributed by atoms with Gasteiger partial charge in [0.15, 0.2) is 5.13 Å². The van der Waals surface area contributed by atoms with Crippen molar-refractivity contribution in [3.8, 4) is 6.07 Å². The molecule has 0 saturated carbocycles. The van der Waals surface area contributed by atoms with Gasteiger partial charge in [0.1, 0.15) is 11.9 Å². The summed E-state index contributed by atoms with van der Waals surface area (Å²) >= 11 is 1.41. The fourth-order valence-electron chi connectivity index (χ4n) is 2.75. The van der Waals surface area contributed by atoms with Gasteiger partial charge in [-0.05, 0) is 31.0 Å². The smallest absolute Gasteiger partial charge is 0.240 e. The predicted octanol–water partition coefficient (Wildman–Crippen LogP) is 1.78. The fraction of sp³-hybridized carbons (Fsp3) is 0.375. The van der Waals surface area contributed by atoms with Crippen molar-refractivity contribution in [3.63, 3.8) is 0 Å². The molecular formula is C16H18N6OS. The van der Waals surface area contributed by atoms with Crippen LogP contribution in [0.3, 0.4) is 0 Å². The number of aromatic nitrogens is 2. The second-order valence-electron chi connectivity index (χ2n) is 5.67. The minimum atomic E-state index is -0.0324.